The number of pyridine rings is 1. The highest BCUT2D eigenvalue weighted by atomic mass is 35.5. The Morgan fingerprint density at radius 1 is 1.19 bits per heavy atom. The number of carbonyl (C=O) groups is 1. The largest absolute Gasteiger partial charge is 0.486 e. The second-order valence-electron chi connectivity index (χ2n) is 6.85. The van der Waals surface area contributed by atoms with Crippen LogP contribution in [0.1, 0.15) is 48.5 Å². The molecule has 26 heavy (non-hydrogen) atoms. The Morgan fingerprint density at radius 3 is 2.58 bits per heavy atom. The van der Waals surface area contributed by atoms with Gasteiger partial charge in [-0.25, -0.2) is 0 Å². The number of rotatable bonds is 5. The zero-order chi connectivity index (χ0) is 18.5. The molecule has 1 aliphatic carbocycles. The molecule has 4 nitrogen and oxygen atoms in total. The van der Waals surface area contributed by atoms with E-state index >= 15 is 0 Å². The predicted molar refractivity (Wildman–Crippen MR) is 104 cm³/mol. The summed E-state index contributed by atoms with van der Waals surface area (Å²) < 4.78 is 5.71. The summed E-state index contributed by atoms with van der Waals surface area (Å²) in [4.78, 5) is 16.7. The van der Waals surface area contributed by atoms with E-state index in [1.165, 1.54) is 0 Å². The Kier molecular flexibility index (Phi) is 6.38. The van der Waals surface area contributed by atoms with Crippen LogP contribution in [-0.4, -0.2) is 16.9 Å². The van der Waals surface area contributed by atoms with Gasteiger partial charge in [0.05, 0.1) is 15.6 Å². The smallest absolute Gasteiger partial charge is 0.253 e. The van der Waals surface area contributed by atoms with Crippen molar-refractivity contribution in [2.24, 2.45) is 5.92 Å². The van der Waals surface area contributed by atoms with Crippen molar-refractivity contribution >= 4 is 29.1 Å². The van der Waals surface area contributed by atoms with Gasteiger partial charge in [0.2, 0.25) is 0 Å². The summed E-state index contributed by atoms with van der Waals surface area (Å²) in [5, 5.41) is 4.01. The van der Waals surface area contributed by atoms with Gasteiger partial charge >= 0.3 is 0 Å². The van der Waals surface area contributed by atoms with E-state index in [-0.39, 0.29) is 18.6 Å². The van der Waals surface area contributed by atoms with Crippen molar-refractivity contribution in [3.8, 4) is 5.75 Å². The molecule has 3 rings (SSSR count). The quantitative estimate of drug-likeness (QED) is 0.752. The normalized spacial score (nSPS) is 19.8. The lowest BCUT2D eigenvalue weighted by Crippen LogP contribution is -2.37. The fourth-order valence-corrected chi connectivity index (χ4v) is 3.65. The molecule has 1 fully saturated rings. The van der Waals surface area contributed by atoms with Crippen LogP contribution in [-0.2, 0) is 6.61 Å². The minimum absolute atomic E-state index is 0.0883. The summed E-state index contributed by atoms with van der Waals surface area (Å²) in [7, 11) is 0. The Morgan fingerprint density at radius 2 is 1.88 bits per heavy atom. The number of para-hydroxylation sites is 1. The van der Waals surface area contributed by atoms with Crippen LogP contribution in [0.2, 0.25) is 10.0 Å². The zero-order valence-electron chi connectivity index (χ0n) is 14.7. The van der Waals surface area contributed by atoms with Gasteiger partial charge in [0.1, 0.15) is 6.61 Å². The van der Waals surface area contributed by atoms with E-state index in [0.717, 1.165) is 37.2 Å². The van der Waals surface area contributed by atoms with Crippen LogP contribution >= 0.6 is 23.2 Å². The fourth-order valence-electron chi connectivity index (χ4n) is 3.14. The monoisotopic (exact) mass is 392 g/mol. The highest BCUT2D eigenvalue weighted by molar-refractivity contribution is 6.37. The summed E-state index contributed by atoms with van der Waals surface area (Å²) in [5.41, 5.74) is 1.32. The van der Waals surface area contributed by atoms with E-state index in [0.29, 0.717) is 21.4 Å². The van der Waals surface area contributed by atoms with Crippen molar-refractivity contribution in [3.63, 3.8) is 0 Å². The van der Waals surface area contributed by atoms with Crippen molar-refractivity contribution in [2.75, 3.05) is 0 Å². The maximum Gasteiger partial charge on any atom is 0.253 e. The van der Waals surface area contributed by atoms with Crippen LogP contribution < -0.4 is 10.1 Å². The third-order valence-electron chi connectivity index (χ3n) is 4.71. The second kappa shape index (κ2) is 8.74. The minimum Gasteiger partial charge on any atom is -0.486 e. The van der Waals surface area contributed by atoms with Gasteiger partial charge in [0.25, 0.3) is 5.91 Å². The standard InChI is InChI=1S/C20H22Cl2N2O2/c1-13-5-7-16(8-6-13)24-20(25)15-9-14(10-23-11-15)12-26-19-17(21)3-2-4-18(19)22/h2-4,9-11,13,16H,5-8,12H2,1H3,(H,24,25). The van der Waals surface area contributed by atoms with Gasteiger partial charge in [-0.2, -0.15) is 0 Å². The molecule has 0 aliphatic heterocycles. The van der Waals surface area contributed by atoms with Crippen LogP contribution in [0.15, 0.2) is 36.7 Å². The number of nitrogens with one attached hydrogen (secondary N) is 1. The first-order chi connectivity index (χ1) is 12.5. The Bertz CT molecular complexity index is 754. The van der Waals surface area contributed by atoms with Crippen molar-refractivity contribution in [2.45, 2.75) is 45.3 Å². The molecule has 0 saturated heterocycles. The van der Waals surface area contributed by atoms with Crippen molar-refractivity contribution in [3.05, 3.63) is 57.8 Å². The molecule has 1 aromatic carbocycles. The molecule has 138 valence electrons. The molecule has 1 heterocycles. The average Bonchev–Trinajstić information content (AvgIpc) is 2.63. The zero-order valence-corrected chi connectivity index (χ0v) is 16.2. The average molecular weight is 393 g/mol. The predicted octanol–water partition coefficient (Wildman–Crippen LogP) is 5.28. The molecule has 0 radical (unpaired) electrons. The molecule has 0 atom stereocenters. The fraction of sp³-hybridized carbons (Fsp3) is 0.400. The Hall–Kier alpha value is -1.78. The number of benzene rings is 1. The number of carbonyl (C=O) groups excluding carboxylic acids is 1. The van der Waals surface area contributed by atoms with E-state index < -0.39 is 0 Å². The van der Waals surface area contributed by atoms with Gasteiger partial charge in [-0.05, 0) is 49.8 Å². The summed E-state index contributed by atoms with van der Waals surface area (Å²) in [6.07, 6.45) is 7.64. The summed E-state index contributed by atoms with van der Waals surface area (Å²) in [6.45, 7) is 2.50. The van der Waals surface area contributed by atoms with Gasteiger partial charge in [0, 0.05) is 24.0 Å². The first-order valence-electron chi connectivity index (χ1n) is 8.84. The van der Waals surface area contributed by atoms with Gasteiger partial charge in [-0.15, -0.1) is 0 Å². The topological polar surface area (TPSA) is 51.2 Å². The van der Waals surface area contributed by atoms with Crippen LogP contribution in [0, 0.1) is 5.92 Å². The van der Waals surface area contributed by atoms with E-state index in [4.69, 9.17) is 27.9 Å². The molecule has 1 amide bonds. The number of nitrogens with zero attached hydrogens (tertiary/aromatic N) is 1. The third-order valence-corrected chi connectivity index (χ3v) is 5.31. The highest BCUT2D eigenvalue weighted by Crippen LogP contribution is 2.33. The summed E-state index contributed by atoms with van der Waals surface area (Å²) in [6, 6.07) is 7.24. The maximum absolute atomic E-state index is 12.5. The van der Waals surface area contributed by atoms with Crippen LogP contribution in [0.25, 0.3) is 0 Å². The van der Waals surface area contributed by atoms with Gasteiger partial charge in [-0.1, -0.05) is 36.2 Å². The molecule has 1 aliphatic rings. The lowest BCUT2D eigenvalue weighted by Gasteiger charge is -2.26. The van der Waals surface area contributed by atoms with Gasteiger partial charge in [-0.3, -0.25) is 9.78 Å². The molecule has 1 N–H and O–H groups in total. The molecule has 0 spiro atoms. The first-order valence-corrected chi connectivity index (χ1v) is 9.60. The van der Waals surface area contributed by atoms with E-state index in [1.54, 1.807) is 36.7 Å². The van der Waals surface area contributed by atoms with E-state index in [1.807, 2.05) is 0 Å². The summed E-state index contributed by atoms with van der Waals surface area (Å²) >= 11 is 12.2. The maximum atomic E-state index is 12.5. The Labute approximate surface area is 163 Å². The molecular formula is C20H22Cl2N2O2. The van der Waals surface area contributed by atoms with E-state index in [9.17, 15) is 4.79 Å². The Balaban J connectivity index is 1.61. The number of halogens is 2. The van der Waals surface area contributed by atoms with Crippen LogP contribution in [0.5, 0.6) is 5.75 Å². The molecule has 0 unspecified atom stereocenters. The molecule has 1 saturated carbocycles. The number of hydrogen-bond acceptors (Lipinski definition) is 3. The van der Waals surface area contributed by atoms with Crippen molar-refractivity contribution in [1.82, 2.24) is 10.3 Å². The van der Waals surface area contributed by atoms with Crippen LogP contribution in [0.3, 0.4) is 0 Å². The molecule has 2 aromatic rings. The van der Waals surface area contributed by atoms with Gasteiger partial charge < -0.3 is 10.1 Å². The number of hydrogen-bond donors (Lipinski definition) is 1. The summed E-state index contributed by atoms with van der Waals surface area (Å²) in [5.74, 6) is 1.10. The molecule has 1 aromatic heterocycles. The number of aromatic nitrogens is 1. The minimum atomic E-state index is -0.0883. The van der Waals surface area contributed by atoms with Gasteiger partial charge in [0.15, 0.2) is 5.75 Å². The number of ether oxygens (including phenoxy) is 1. The van der Waals surface area contributed by atoms with Crippen LogP contribution in [0.4, 0.5) is 0 Å². The lowest BCUT2D eigenvalue weighted by molar-refractivity contribution is 0.0922. The molecular weight excluding hydrogens is 371 g/mol. The van der Waals surface area contributed by atoms with Crippen molar-refractivity contribution < 1.29 is 9.53 Å². The third kappa shape index (κ3) is 4.89. The first kappa shape index (κ1) is 19.0. The second-order valence-corrected chi connectivity index (χ2v) is 7.67. The van der Waals surface area contributed by atoms with E-state index in [2.05, 4.69) is 17.2 Å². The SMILES string of the molecule is CC1CCC(NC(=O)c2cncc(COc3c(Cl)cccc3Cl)c2)CC1. The highest BCUT2D eigenvalue weighted by Gasteiger charge is 2.20. The molecule has 6 heteroatoms. The number of amides is 1. The lowest BCUT2D eigenvalue weighted by atomic mass is 9.87. The van der Waals surface area contributed by atoms with Crippen molar-refractivity contribution in [1.29, 1.82) is 0 Å². The molecule has 0 bridgehead atoms.